The number of hydrogen-bond acceptors (Lipinski definition) is 3. The molecule has 0 rings (SSSR count). The summed E-state index contributed by atoms with van der Waals surface area (Å²) < 4.78 is 0. The predicted molar refractivity (Wildman–Crippen MR) is 73.1 cm³/mol. The maximum atomic E-state index is 9.31. The van der Waals surface area contributed by atoms with Crippen LogP contribution in [-0.2, 0) is 0 Å². The number of nitrogens with one attached hydrogen (secondary N) is 1. The lowest BCUT2D eigenvalue weighted by Gasteiger charge is -2.22. The molecule has 3 nitrogen and oxygen atoms in total. The van der Waals surface area contributed by atoms with E-state index in [9.17, 15) is 5.11 Å². The molecule has 0 aliphatic carbocycles. The highest BCUT2D eigenvalue weighted by Gasteiger charge is 2.20. The SMILES string of the molecule is CC(O)C(C)SCCCCC(C)(C)C(=N)N. The molecule has 0 bridgehead atoms. The smallest absolute Gasteiger partial charge is 0.0963 e. The predicted octanol–water partition coefficient (Wildman–Crippen LogP) is 2.62. The summed E-state index contributed by atoms with van der Waals surface area (Å²) in [6.45, 7) is 7.91. The van der Waals surface area contributed by atoms with Crippen molar-refractivity contribution in [3.8, 4) is 0 Å². The van der Waals surface area contributed by atoms with E-state index in [1.54, 1.807) is 0 Å². The molecule has 0 spiro atoms. The van der Waals surface area contributed by atoms with Crippen molar-refractivity contribution in [3.63, 3.8) is 0 Å². The second-order valence-electron chi connectivity index (χ2n) is 5.07. The maximum absolute atomic E-state index is 9.31. The first-order valence-corrected chi connectivity index (χ1v) is 6.96. The molecule has 2 atom stereocenters. The van der Waals surface area contributed by atoms with Gasteiger partial charge >= 0.3 is 0 Å². The number of unbranched alkanes of at least 4 members (excludes halogenated alkanes) is 1. The van der Waals surface area contributed by atoms with E-state index in [4.69, 9.17) is 11.1 Å². The third-order valence-corrected chi connectivity index (χ3v) is 4.43. The van der Waals surface area contributed by atoms with Gasteiger partial charge in [-0.05, 0) is 25.5 Å². The van der Waals surface area contributed by atoms with Gasteiger partial charge in [-0.1, -0.05) is 27.2 Å². The van der Waals surface area contributed by atoms with Crippen LogP contribution in [0.25, 0.3) is 0 Å². The van der Waals surface area contributed by atoms with E-state index in [0.29, 0.717) is 5.25 Å². The van der Waals surface area contributed by atoms with Crippen molar-refractivity contribution in [2.75, 3.05) is 5.75 Å². The number of thioether (sulfide) groups is 1. The van der Waals surface area contributed by atoms with Crippen molar-refractivity contribution in [1.29, 1.82) is 5.41 Å². The third-order valence-electron chi connectivity index (χ3n) is 2.99. The fraction of sp³-hybridized carbons (Fsp3) is 0.917. The Morgan fingerprint density at radius 3 is 2.38 bits per heavy atom. The van der Waals surface area contributed by atoms with Gasteiger partial charge in [-0.2, -0.15) is 11.8 Å². The topological polar surface area (TPSA) is 70.1 Å². The lowest BCUT2D eigenvalue weighted by Crippen LogP contribution is -2.30. The molecule has 0 saturated carbocycles. The lowest BCUT2D eigenvalue weighted by atomic mass is 9.86. The second kappa shape index (κ2) is 7.17. The van der Waals surface area contributed by atoms with Gasteiger partial charge in [-0.25, -0.2) is 0 Å². The van der Waals surface area contributed by atoms with Gasteiger partial charge < -0.3 is 10.8 Å². The van der Waals surface area contributed by atoms with E-state index in [0.717, 1.165) is 25.0 Å². The Morgan fingerprint density at radius 2 is 1.94 bits per heavy atom. The van der Waals surface area contributed by atoms with Gasteiger partial charge in [0, 0.05) is 10.7 Å². The molecule has 0 aliphatic heterocycles. The first-order valence-electron chi connectivity index (χ1n) is 5.91. The van der Waals surface area contributed by atoms with Gasteiger partial charge in [0.05, 0.1) is 11.9 Å². The van der Waals surface area contributed by atoms with Crippen LogP contribution in [0.4, 0.5) is 0 Å². The minimum absolute atomic E-state index is 0.166. The normalized spacial score (nSPS) is 15.8. The fourth-order valence-electron chi connectivity index (χ4n) is 1.21. The Balaban J connectivity index is 3.58. The summed E-state index contributed by atoms with van der Waals surface area (Å²) in [5.41, 5.74) is 5.35. The van der Waals surface area contributed by atoms with Gasteiger partial charge in [0.25, 0.3) is 0 Å². The Hall–Kier alpha value is -0.220. The van der Waals surface area contributed by atoms with E-state index < -0.39 is 0 Å². The van der Waals surface area contributed by atoms with Crippen molar-refractivity contribution in [2.45, 2.75) is 58.3 Å². The van der Waals surface area contributed by atoms with Gasteiger partial charge in [-0.3, -0.25) is 5.41 Å². The number of rotatable bonds is 8. The van der Waals surface area contributed by atoms with Crippen LogP contribution in [0, 0.1) is 10.8 Å². The standard InChI is InChI=1S/C12H26N2OS/c1-9(15)10(2)16-8-6-5-7-12(3,4)11(13)14/h9-10,15H,5-8H2,1-4H3,(H3,13,14). The highest BCUT2D eigenvalue weighted by molar-refractivity contribution is 7.99. The Morgan fingerprint density at radius 1 is 1.38 bits per heavy atom. The Bertz CT molecular complexity index is 217. The maximum Gasteiger partial charge on any atom is 0.0963 e. The molecule has 4 N–H and O–H groups in total. The summed E-state index contributed by atoms with van der Waals surface area (Å²) in [5.74, 6) is 1.34. The highest BCUT2D eigenvalue weighted by Crippen LogP contribution is 2.24. The molecule has 0 fully saturated rings. The van der Waals surface area contributed by atoms with Gasteiger partial charge in [0.2, 0.25) is 0 Å². The Kier molecular flexibility index (Phi) is 7.07. The molecule has 96 valence electrons. The van der Waals surface area contributed by atoms with E-state index in [-0.39, 0.29) is 17.4 Å². The van der Waals surface area contributed by atoms with Crippen LogP contribution >= 0.6 is 11.8 Å². The molecule has 0 aromatic carbocycles. The minimum Gasteiger partial charge on any atom is -0.392 e. The summed E-state index contributed by atoms with van der Waals surface area (Å²) >= 11 is 1.81. The van der Waals surface area contributed by atoms with E-state index in [1.165, 1.54) is 0 Å². The third kappa shape index (κ3) is 6.38. The molecule has 0 aliphatic rings. The molecule has 0 aromatic heterocycles. The summed E-state index contributed by atoms with van der Waals surface area (Å²) in [5, 5.41) is 17.1. The Labute approximate surface area is 104 Å². The quantitative estimate of drug-likeness (QED) is 0.350. The molecule has 2 unspecified atom stereocenters. The summed E-state index contributed by atoms with van der Waals surface area (Å²) in [4.78, 5) is 0. The van der Waals surface area contributed by atoms with Crippen LogP contribution in [0.2, 0.25) is 0 Å². The molecular formula is C12H26N2OS. The van der Waals surface area contributed by atoms with Crippen LogP contribution in [0.1, 0.15) is 47.0 Å². The first-order chi connectivity index (χ1) is 7.27. The number of hydrogen-bond donors (Lipinski definition) is 3. The van der Waals surface area contributed by atoms with Crippen LogP contribution in [0.3, 0.4) is 0 Å². The highest BCUT2D eigenvalue weighted by atomic mass is 32.2. The largest absolute Gasteiger partial charge is 0.392 e. The molecule has 0 aromatic rings. The number of amidine groups is 1. The summed E-state index contributed by atoms with van der Waals surface area (Å²) in [6, 6.07) is 0. The average Bonchev–Trinajstić information content (AvgIpc) is 2.16. The molecule has 0 heterocycles. The van der Waals surface area contributed by atoms with Gasteiger partial charge in [-0.15, -0.1) is 0 Å². The fourth-order valence-corrected chi connectivity index (χ4v) is 2.23. The van der Waals surface area contributed by atoms with E-state index in [1.807, 2.05) is 32.5 Å². The van der Waals surface area contributed by atoms with E-state index in [2.05, 4.69) is 6.92 Å². The molecule has 0 amide bonds. The van der Waals surface area contributed by atoms with E-state index >= 15 is 0 Å². The van der Waals surface area contributed by atoms with Crippen molar-refractivity contribution < 1.29 is 5.11 Å². The monoisotopic (exact) mass is 246 g/mol. The van der Waals surface area contributed by atoms with Crippen LogP contribution < -0.4 is 5.73 Å². The lowest BCUT2D eigenvalue weighted by molar-refractivity contribution is 0.196. The molecular weight excluding hydrogens is 220 g/mol. The molecule has 0 radical (unpaired) electrons. The first kappa shape index (κ1) is 15.8. The van der Waals surface area contributed by atoms with Crippen molar-refractivity contribution in [3.05, 3.63) is 0 Å². The summed E-state index contributed by atoms with van der Waals surface area (Å²) in [6.07, 6.45) is 2.94. The minimum atomic E-state index is -0.237. The average molecular weight is 246 g/mol. The molecule has 0 saturated heterocycles. The van der Waals surface area contributed by atoms with Crippen LogP contribution in [0.15, 0.2) is 0 Å². The zero-order valence-electron chi connectivity index (χ0n) is 10.9. The number of aliphatic hydroxyl groups is 1. The van der Waals surface area contributed by atoms with Crippen molar-refractivity contribution >= 4 is 17.6 Å². The van der Waals surface area contributed by atoms with Crippen molar-refractivity contribution in [2.24, 2.45) is 11.1 Å². The van der Waals surface area contributed by atoms with Crippen molar-refractivity contribution in [1.82, 2.24) is 0 Å². The molecule has 16 heavy (non-hydrogen) atoms. The zero-order valence-corrected chi connectivity index (χ0v) is 11.7. The van der Waals surface area contributed by atoms with Gasteiger partial charge in [0.15, 0.2) is 0 Å². The summed E-state index contributed by atoms with van der Waals surface area (Å²) in [7, 11) is 0. The van der Waals surface area contributed by atoms with Crippen LogP contribution in [-0.4, -0.2) is 28.0 Å². The number of aliphatic hydroxyl groups excluding tert-OH is 1. The number of nitrogens with two attached hydrogens (primary N) is 1. The second-order valence-corrected chi connectivity index (χ2v) is 6.56. The van der Waals surface area contributed by atoms with Gasteiger partial charge in [0.1, 0.15) is 0 Å². The van der Waals surface area contributed by atoms with Crippen LogP contribution in [0.5, 0.6) is 0 Å². The zero-order chi connectivity index (χ0) is 12.8. The molecule has 4 heteroatoms.